The van der Waals surface area contributed by atoms with Crippen LogP contribution in [0.3, 0.4) is 0 Å². The summed E-state index contributed by atoms with van der Waals surface area (Å²) in [5, 5.41) is 0. The van der Waals surface area contributed by atoms with E-state index in [0.717, 1.165) is 0 Å². The Kier molecular flexibility index (Phi) is 3.10. The molecule has 1 heterocycles. The molecular formula is C9H14O3. The van der Waals surface area contributed by atoms with Gasteiger partial charge < -0.3 is 14.2 Å². The van der Waals surface area contributed by atoms with Gasteiger partial charge >= 0.3 is 0 Å². The first-order valence-corrected chi connectivity index (χ1v) is 3.97. The molecule has 0 spiro atoms. The van der Waals surface area contributed by atoms with E-state index in [-0.39, 0.29) is 6.10 Å². The zero-order chi connectivity index (χ0) is 9.03. The molecule has 1 saturated heterocycles. The molecule has 3 nitrogen and oxygen atoms in total. The highest BCUT2D eigenvalue weighted by atomic mass is 16.7. The molecule has 0 bridgehead atoms. The molecule has 12 heavy (non-hydrogen) atoms. The first-order chi connectivity index (χ1) is 5.64. The van der Waals surface area contributed by atoms with Crippen molar-refractivity contribution in [3.05, 3.63) is 0 Å². The van der Waals surface area contributed by atoms with E-state index in [1.54, 1.807) is 0 Å². The average molecular weight is 170 g/mol. The normalized spacial score (nSPS) is 26.9. The maximum Gasteiger partial charge on any atom is 0.163 e. The van der Waals surface area contributed by atoms with Crippen molar-refractivity contribution in [1.82, 2.24) is 0 Å². The summed E-state index contributed by atoms with van der Waals surface area (Å²) in [7, 11) is 0. The van der Waals surface area contributed by atoms with Gasteiger partial charge in [-0.2, -0.15) is 0 Å². The third-order valence-corrected chi connectivity index (χ3v) is 1.56. The van der Waals surface area contributed by atoms with Gasteiger partial charge in [0.25, 0.3) is 0 Å². The molecule has 0 amide bonds. The first-order valence-electron chi connectivity index (χ1n) is 3.97. The minimum atomic E-state index is -0.468. The van der Waals surface area contributed by atoms with Crippen LogP contribution in [0.15, 0.2) is 0 Å². The van der Waals surface area contributed by atoms with Crippen LogP contribution in [0.4, 0.5) is 0 Å². The quantitative estimate of drug-likeness (QED) is 0.463. The fourth-order valence-corrected chi connectivity index (χ4v) is 1.09. The van der Waals surface area contributed by atoms with Crippen molar-refractivity contribution >= 4 is 0 Å². The third-order valence-electron chi connectivity index (χ3n) is 1.56. The number of ether oxygens (including phenoxy) is 3. The largest absolute Gasteiger partial charge is 0.366 e. The maximum absolute atomic E-state index is 5.48. The summed E-state index contributed by atoms with van der Waals surface area (Å²) in [4.78, 5) is 0. The first kappa shape index (κ1) is 9.53. The van der Waals surface area contributed by atoms with Gasteiger partial charge in [-0.05, 0) is 13.8 Å². The van der Waals surface area contributed by atoms with Gasteiger partial charge in [-0.15, -0.1) is 6.42 Å². The van der Waals surface area contributed by atoms with Crippen molar-refractivity contribution in [3.63, 3.8) is 0 Å². The summed E-state index contributed by atoms with van der Waals surface area (Å²) in [6, 6.07) is 0. The average Bonchev–Trinajstić information content (AvgIpc) is 2.31. The fraction of sp³-hybridized carbons (Fsp3) is 0.778. The molecule has 0 N–H and O–H groups in total. The Morgan fingerprint density at radius 1 is 1.67 bits per heavy atom. The van der Waals surface area contributed by atoms with Gasteiger partial charge in [0.1, 0.15) is 12.7 Å². The van der Waals surface area contributed by atoms with Crippen LogP contribution < -0.4 is 0 Å². The minimum absolute atomic E-state index is 0.0216. The molecule has 1 aliphatic rings. The van der Waals surface area contributed by atoms with Crippen molar-refractivity contribution in [3.8, 4) is 12.3 Å². The van der Waals surface area contributed by atoms with Gasteiger partial charge in [0, 0.05) is 0 Å². The Morgan fingerprint density at radius 3 is 2.92 bits per heavy atom. The summed E-state index contributed by atoms with van der Waals surface area (Å²) in [5.74, 6) is 1.93. The lowest BCUT2D eigenvalue weighted by molar-refractivity contribution is -0.144. The van der Waals surface area contributed by atoms with Crippen LogP contribution in [0.2, 0.25) is 0 Å². The van der Waals surface area contributed by atoms with E-state index >= 15 is 0 Å². The van der Waals surface area contributed by atoms with E-state index in [9.17, 15) is 0 Å². The highest BCUT2D eigenvalue weighted by molar-refractivity contribution is 4.83. The van der Waals surface area contributed by atoms with Crippen molar-refractivity contribution in [2.45, 2.75) is 25.7 Å². The molecule has 0 aromatic heterocycles. The molecule has 0 aromatic rings. The molecule has 0 saturated carbocycles. The monoisotopic (exact) mass is 170 g/mol. The van der Waals surface area contributed by atoms with Crippen molar-refractivity contribution < 1.29 is 14.2 Å². The van der Waals surface area contributed by atoms with E-state index in [2.05, 4.69) is 5.92 Å². The van der Waals surface area contributed by atoms with Crippen LogP contribution in [0, 0.1) is 12.3 Å². The lowest BCUT2D eigenvalue weighted by Gasteiger charge is -2.16. The summed E-state index contributed by atoms with van der Waals surface area (Å²) >= 11 is 0. The second kappa shape index (κ2) is 3.90. The Labute approximate surface area is 73.0 Å². The number of hydrogen-bond acceptors (Lipinski definition) is 3. The summed E-state index contributed by atoms with van der Waals surface area (Å²) in [6.07, 6.45) is 5.04. The van der Waals surface area contributed by atoms with Crippen LogP contribution in [0.1, 0.15) is 13.8 Å². The Bertz CT molecular complexity index is 181. The van der Waals surface area contributed by atoms with Gasteiger partial charge in [0.2, 0.25) is 0 Å². The SMILES string of the molecule is C#CCOCC1COC(C)(C)O1. The Hall–Kier alpha value is -0.560. The van der Waals surface area contributed by atoms with Crippen molar-refractivity contribution in [2.24, 2.45) is 0 Å². The van der Waals surface area contributed by atoms with Gasteiger partial charge in [0.05, 0.1) is 13.2 Å². The van der Waals surface area contributed by atoms with E-state index < -0.39 is 5.79 Å². The Balaban J connectivity index is 2.16. The highest BCUT2D eigenvalue weighted by Crippen LogP contribution is 2.22. The van der Waals surface area contributed by atoms with Gasteiger partial charge in [-0.25, -0.2) is 0 Å². The van der Waals surface area contributed by atoms with Crippen LogP contribution in [0.5, 0.6) is 0 Å². The molecule has 1 rings (SSSR count). The zero-order valence-electron chi connectivity index (χ0n) is 7.50. The molecule has 68 valence electrons. The van der Waals surface area contributed by atoms with Crippen molar-refractivity contribution in [1.29, 1.82) is 0 Å². The van der Waals surface area contributed by atoms with Crippen LogP contribution in [-0.2, 0) is 14.2 Å². The second-order valence-corrected chi connectivity index (χ2v) is 3.17. The molecule has 1 atom stereocenters. The molecule has 3 heteroatoms. The highest BCUT2D eigenvalue weighted by Gasteiger charge is 2.32. The predicted molar refractivity (Wildman–Crippen MR) is 44.6 cm³/mol. The standard InChI is InChI=1S/C9H14O3/c1-4-5-10-6-8-7-11-9(2,3)12-8/h1,8H,5-7H2,2-3H3. The molecule has 0 aliphatic carbocycles. The number of terminal acetylenes is 1. The Morgan fingerprint density at radius 2 is 2.42 bits per heavy atom. The second-order valence-electron chi connectivity index (χ2n) is 3.17. The van der Waals surface area contributed by atoms with Crippen LogP contribution in [0.25, 0.3) is 0 Å². The number of rotatable bonds is 3. The maximum atomic E-state index is 5.48. The molecule has 0 aromatic carbocycles. The van der Waals surface area contributed by atoms with E-state index in [0.29, 0.717) is 19.8 Å². The van der Waals surface area contributed by atoms with Gasteiger partial charge in [-0.1, -0.05) is 5.92 Å². The minimum Gasteiger partial charge on any atom is -0.366 e. The van der Waals surface area contributed by atoms with E-state index in [1.165, 1.54) is 0 Å². The smallest absolute Gasteiger partial charge is 0.163 e. The summed E-state index contributed by atoms with van der Waals surface area (Å²) in [5.41, 5.74) is 0. The molecule has 1 fully saturated rings. The van der Waals surface area contributed by atoms with Gasteiger partial charge in [0.15, 0.2) is 5.79 Å². The van der Waals surface area contributed by atoms with Gasteiger partial charge in [-0.3, -0.25) is 0 Å². The fourth-order valence-electron chi connectivity index (χ4n) is 1.09. The van der Waals surface area contributed by atoms with Crippen LogP contribution in [-0.4, -0.2) is 31.7 Å². The lowest BCUT2D eigenvalue weighted by Crippen LogP contribution is -2.24. The summed E-state index contributed by atoms with van der Waals surface area (Å²) < 4.78 is 15.9. The molecule has 1 aliphatic heterocycles. The number of hydrogen-bond donors (Lipinski definition) is 0. The molecule has 1 unspecified atom stereocenters. The van der Waals surface area contributed by atoms with E-state index in [1.807, 2.05) is 13.8 Å². The topological polar surface area (TPSA) is 27.7 Å². The lowest BCUT2D eigenvalue weighted by atomic mass is 10.4. The van der Waals surface area contributed by atoms with E-state index in [4.69, 9.17) is 20.6 Å². The molecule has 0 radical (unpaired) electrons. The van der Waals surface area contributed by atoms with Crippen molar-refractivity contribution in [2.75, 3.05) is 19.8 Å². The predicted octanol–water partition coefficient (Wildman–Crippen LogP) is 0.788. The molecular weight excluding hydrogens is 156 g/mol. The summed E-state index contributed by atoms with van der Waals surface area (Å²) in [6.45, 7) is 5.19. The van der Waals surface area contributed by atoms with Crippen LogP contribution >= 0.6 is 0 Å². The third kappa shape index (κ3) is 2.82. The zero-order valence-corrected chi connectivity index (χ0v) is 7.50.